The van der Waals surface area contributed by atoms with Crippen molar-refractivity contribution in [1.82, 2.24) is 19.1 Å². The summed E-state index contributed by atoms with van der Waals surface area (Å²) in [5.74, 6) is 2.90. The van der Waals surface area contributed by atoms with Gasteiger partial charge in [0.05, 0.1) is 28.3 Å². The zero-order chi connectivity index (χ0) is 35.3. The van der Waals surface area contributed by atoms with Crippen molar-refractivity contribution in [2.24, 2.45) is 0 Å². The Kier molecular flexibility index (Phi) is 6.32. The summed E-state index contributed by atoms with van der Waals surface area (Å²) in [7, 11) is 0. The summed E-state index contributed by atoms with van der Waals surface area (Å²) in [6, 6.07) is 45.4. The van der Waals surface area contributed by atoms with Gasteiger partial charge in [0.2, 0.25) is 0 Å². The van der Waals surface area contributed by atoms with E-state index in [1.165, 1.54) is 39.1 Å². The third-order valence-corrected chi connectivity index (χ3v) is 11.4. The minimum absolute atomic E-state index is 0.0812. The van der Waals surface area contributed by atoms with Gasteiger partial charge in [-0.1, -0.05) is 80.6 Å². The molecule has 2 unspecified atom stereocenters. The molecule has 53 heavy (non-hydrogen) atoms. The predicted octanol–water partition coefficient (Wildman–Crippen LogP) is 11.2. The Balaban J connectivity index is 1.04. The number of pyridine rings is 1. The fraction of sp³-hybridized carbons (Fsp3) is 0.106. The number of rotatable bonds is 4. The average molecular weight is 686 g/mol. The third-order valence-electron chi connectivity index (χ3n) is 11.4. The highest BCUT2D eigenvalue weighted by atomic mass is 16.5. The standard InChI is InChI=1S/C47H35N5O/c1-47(2)39-18-7-9-20-42(39)51(30-12-4-3-5-13-30)44-29-43-37(28-40(44)47)36-17-11-23-48-46(36)52(43)31-14-10-15-32(26-31)53-33-21-22-34-35-16-6-8-19-41(35)50-25-24-49-45(50)38(34)27-33/h3-29,34,38H,1-2H3. The second-order valence-electron chi connectivity index (χ2n) is 14.7. The lowest BCUT2D eigenvalue weighted by Gasteiger charge is -2.42. The lowest BCUT2D eigenvalue weighted by molar-refractivity contribution is 0.430. The van der Waals surface area contributed by atoms with Gasteiger partial charge in [-0.15, -0.1) is 0 Å². The summed E-state index contributed by atoms with van der Waals surface area (Å²) in [5.41, 5.74) is 11.4. The van der Waals surface area contributed by atoms with Gasteiger partial charge in [-0.25, -0.2) is 9.97 Å². The molecule has 3 aliphatic rings. The Morgan fingerprint density at radius 2 is 1.45 bits per heavy atom. The van der Waals surface area contributed by atoms with E-state index >= 15 is 0 Å². The van der Waals surface area contributed by atoms with Crippen molar-refractivity contribution in [3.63, 3.8) is 0 Å². The Hall–Kier alpha value is -6.66. The Labute approximate surface area is 307 Å². The molecule has 254 valence electrons. The molecule has 0 bridgehead atoms. The Morgan fingerprint density at radius 3 is 2.36 bits per heavy atom. The van der Waals surface area contributed by atoms with Crippen LogP contribution in [0.3, 0.4) is 0 Å². The average Bonchev–Trinajstić information content (AvgIpc) is 3.82. The number of ether oxygens (including phenoxy) is 1. The van der Waals surface area contributed by atoms with Crippen LogP contribution < -0.4 is 9.64 Å². The Morgan fingerprint density at radius 1 is 0.642 bits per heavy atom. The number of fused-ring (bicyclic) bond motifs is 11. The maximum atomic E-state index is 6.67. The lowest BCUT2D eigenvalue weighted by atomic mass is 9.73. The molecule has 5 aromatic carbocycles. The molecule has 0 fully saturated rings. The molecule has 0 amide bonds. The van der Waals surface area contributed by atoms with Crippen molar-refractivity contribution in [3.8, 4) is 17.1 Å². The zero-order valence-corrected chi connectivity index (χ0v) is 29.4. The molecule has 8 aromatic rings. The van der Waals surface area contributed by atoms with Gasteiger partial charge in [-0.05, 0) is 89.5 Å². The summed E-state index contributed by atoms with van der Waals surface area (Å²) in [4.78, 5) is 12.2. The first-order valence-electron chi connectivity index (χ1n) is 18.2. The number of aromatic nitrogens is 4. The molecule has 6 heteroatoms. The van der Waals surface area contributed by atoms with E-state index in [4.69, 9.17) is 14.7 Å². The molecule has 0 saturated carbocycles. The summed E-state index contributed by atoms with van der Waals surface area (Å²) in [6.07, 6.45) is 12.4. The highest BCUT2D eigenvalue weighted by Crippen LogP contribution is 2.53. The van der Waals surface area contributed by atoms with Crippen molar-refractivity contribution in [2.75, 3.05) is 4.90 Å². The van der Waals surface area contributed by atoms with Crippen LogP contribution in [0.25, 0.3) is 33.3 Å². The fourth-order valence-corrected chi connectivity index (χ4v) is 8.98. The fourth-order valence-electron chi connectivity index (χ4n) is 8.98. The number of imidazole rings is 1. The zero-order valence-electron chi connectivity index (χ0n) is 29.4. The van der Waals surface area contributed by atoms with Crippen LogP contribution in [0.15, 0.2) is 170 Å². The topological polar surface area (TPSA) is 48.1 Å². The molecular weight excluding hydrogens is 651 g/mol. The quantitative estimate of drug-likeness (QED) is 0.185. The SMILES string of the molecule is CC1(C)c2ccccc2N(c2ccccc2)c2cc3c(cc21)c1cccnc1n3-c1cccc(OC2=CC3c4nccn4-c4ccccc4C3C=C2)c1. The summed E-state index contributed by atoms with van der Waals surface area (Å²) in [5, 5.41) is 2.30. The largest absolute Gasteiger partial charge is 0.458 e. The molecule has 0 N–H and O–H groups in total. The van der Waals surface area contributed by atoms with Crippen molar-refractivity contribution in [2.45, 2.75) is 31.1 Å². The van der Waals surface area contributed by atoms with E-state index in [1.54, 1.807) is 0 Å². The first-order valence-corrected chi connectivity index (χ1v) is 18.2. The van der Waals surface area contributed by atoms with Gasteiger partial charge in [-0.2, -0.15) is 0 Å². The van der Waals surface area contributed by atoms with Gasteiger partial charge < -0.3 is 14.2 Å². The molecule has 3 aromatic heterocycles. The Bertz CT molecular complexity index is 2820. The molecule has 1 aliphatic carbocycles. The van der Waals surface area contributed by atoms with Crippen molar-refractivity contribution < 1.29 is 4.74 Å². The van der Waals surface area contributed by atoms with Gasteiger partial charge in [0.15, 0.2) is 0 Å². The van der Waals surface area contributed by atoms with E-state index in [0.717, 1.165) is 45.3 Å². The van der Waals surface area contributed by atoms with Crippen LogP contribution >= 0.6 is 0 Å². The number of nitrogens with zero attached hydrogens (tertiary/aromatic N) is 5. The van der Waals surface area contributed by atoms with E-state index in [9.17, 15) is 0 Å². The summed E-state index contributed by atoms with van der Waals surface area (Å²) < 4.78 is 11.2. The molecule has 0 spiro atoms. The van der Waals surface area contributed by atoms with E-state index in [2.05, 4.69) is 168 Å². The lowest BCUT2D eigenvalue weighted by Crippen LogP contribution is -2.30. The predicted molar refractivity (Wildman–Crippen MR) is 212 cm³/mol. The van der Waals surface area contributed by atoms with E-state index in [-0.39, 0.29) is 17.3 Å². The van der Waals surface area contributed by atoms with Gasteiger partial charge in [0.25, 0.3) is 0 Å². The maximum Gasteiger partial charge on any atom is 0.145 e. The number of para-hydroxylation sites is 3. The molecular formula is C47H35N5O. The molecule has 2 atom stereocenters. The maximum absolute atomic E-state index is 6.67. The van der Waals surface area contributed by atoms with Crippen molar-refractivity contribution in [1.29, 1.82) is 0 Å². The van der Waals surface area contributed by atoms with Crippen LogP contribution in [-0.4, -0.2) is 19.1 Å². The van der Waals surface area contributed by atoms with Crippen molar-refractivity contribution in [3.05, 3.63) is 192 Å². The minimum atomic E-state index is -0.215. The first-order chi connectivity index (χ1) is 26.0. The van der Waals surface area contributed by atoms with Gasteiger partial charge in [0, 0.05) is 58.4 Å². The monoisotopic (exact) mass is 685 g/mol. The summed E-state index contributed by atoms with van der Waals surface area (Å²) >= 11 is 0. The minimum Gasteiger partial charge on any atom is -0.458 e. The van der Waals surface area contributed by atoms with Crippen LogP contribution in [0.4, 0.5) is 17.1 Å². The second-order valence-corrected chi connectivity index (χ2v) is 14.7. The molecule has 2 aliphatic heterocycles. The molecule has 0 radical (unpaired) electrons. The summed E-state index contributed by atoms with van der Waals surface area (Å²) in [6.45, 7) is 4.68. The number of allylic oxidation sites excluding steroid dienone is 3. The van der Waals surface area contributed by atoms with Crippen LogP contribution in [0.5, 0.6) is 5.75 Å². The third kappa shape index (κ3) is 4.39. The smallest absolute Gasteiger partial charge is 0.145 e. The number of benzene rings is 5. The van der Waals surface area contributed by atoms with Crippen molar-refractivity contribution >= 4 is 39.0 Å². The van der Waals surface area contributed by atoms with Crippen LogP contribution in [0.2, 0.25) is 0 Å². The molecule has 11 rings (SSSR count). The highest BCUT2D eigenvalue weighted by molar-refractivity contribution is 6.10. The van der Waals surface area contributed by atoms with E-state index in [1.807, 2.05) is 24.5 Å². The molecule has 5 heterocycles. The normalized spacial score (nSPS) is 17.8. The number of hydrogen-bond donors (Lipinski definition) is 0. The van der Waals surface area contributed by atoms with Gasteiger partial charge >= 0.3 is 0 Å². The number of hydrogen-bond acceptors (Lipinski definition) is 4. The van der Waals surface area contributed by atoms with Crippen LogP contribution in [-0.2, 0) is 5.41 Å². The van der Waals surface area contributed by atoms with Gasteiger partial charge in [0.1, 0.15) is 23.0 Å². The van der Waals surface area contributed by atoms with Crippen LogP contribution in [0.1, 0.15) is 48.2 Å². The van der Waals surface area contributed by atoms with Gasteiger partial charge in [-0.3, -0.25) is 4.57 Å². The van der Waals surface area contributed by atoms with Crippen LogP contribution in [0, 0.1) is 0 Å². The molecule has 6 nitrogen and oxygen atoms in total. The van der Waals surface area contributed by atoms with E-state index < -0.39 is 0 Å². The van der Waals surface area contributed by atoms with E-state index in [0.29, 0.717) is 0 Å². The highest BCUT2D eigenvalue weighted by Gasteiger charge is 2.38. The number of anilines is 3. The molecule has 0 saturated heterocycles. The second kappa shape index (κ2) is 11.2. The first kappa shape index (κ1) is 30.0.